The minimum atomic E-state index is -0.409. The first-order valence-corrected chi connectivity index (χ1v) is 5.80. The number of rotatable bonds is 7. The summed E-state index contributed by atoms with van der Waals surface area (Å²) in [6.07, 6.45) is 0. The summed E-state index contributed by atoms with van der Waals surface area (Å²) in [6.45, 7) is 4.42. The van der Waals surface area contributed by atoms with Gasteiger partial charge < -0.3 is 18.9 Å². The molecule has 0 aliphatic rings. The van der Waals surface area contributed by atoms with E-state index in [0.29, 0.717) is 30.5 Å². The Morgan fingerprint density at radius 3 is 2.50 bits per heavy atom. The molecule has 0 saturated carbocycles. The van der Waals surface area contributed by atoms with Crippen molar-refractivity contribution >= 4 is 5.97 Å². The lowest BCUT2D eigenvalue weighted by atomic mass is 10.3. The number of benzene rings is 1. The summed E-state index contributed by atoms with van der Waals surface area (Å²) < 4.78 is 20.6. The molecule has 1 rings (SSSR count). The van der Waals surface area contributed by atoms with E-state index in [1.807, 2.05) is 6.92 Å². The Morgan fingerprint density at radius 2 is 1.89 bits per heavy atom. The van der Waals surface area contributed by atoms with E-state index in [2.05, 4.69) is 0 Å². The lowest BCUT2D eigenvalue weighted by molar-refractivity contribution is -0.145. The van der Waals surface area contributed by atoms with E-state index >= 15 is 0 Å². The summed E-state index contributed by atoms with van der Waals surface area (Å²) in [5, 5.41) is 0. The highest BCUT2D eigenvalue weighted by molar-refractivity contribution is 5.71. The van der Waals surface area contributed by atoms with E-state index in [4.69, 9.17) is 18.9 Å². The number of carbonyl (C=O) groups is 1. The minimum Gasteiger partial charge on any atom is -0.494 e. The van der Waals surface area contributed by atoms with Gasteiger partial charge in [0.05, 0.1) is 20.3 Å². The zero-order valence-corrected chi connectivity index (χ0v) is 10.9. The molecule has 0 aliphatic heterocycles. The van der Waals surface area contributed by atoms with Crippen molar-refractivity contribution in [1.29, 1.82) is 0 Å². The van der Waals surface area contributed by atoms with Crippen LogP contribution in [0.2, 0.25) is 0 Å². The van der Waals surface area contributed by atoms with Gasteiger partial charge in [0.2, 0.25) is 0 Å². The molecule has 0 heterocycles. The molecule has 0 N–H and O–H groups in total. The van der Waals surface area contributed by atoms with Crippen molar-refractivity contribution < 1.29 is 23.7 Å². The van der Waals surface area contributed by atoms with Gasteiger partial charge in [0.1, 0.15) is 5.75 Å². The molecule has 1 aromatic rings. The van der Waals surface area contributed by atoms with Gasteiger partial charge in [-0.25, -0.2) is 4.79 Å². The van der Waals surface area contributed by atoms with Crippen molar-refractivity contribution in [2.45, 2.75) is 13.8 Å². The van der Waals surface area contributed by atoms with Crippen molar-refractivity contribution in [3.63, 3.8) is 0 Å². The van der Waals surface area contributed by atoms with Crippen molar-refractivity contribution in [3.05, 3.63) is 18.2 Å². The third-order valence-corrected chi connectivity index (χ3v) is 2.10. The summed E-state index contributed by atoms with van der Waals surface area (Å²) >= 11 is 0. The van der Waals surface area contributed by atoms with E-state index in [0.717, 1.165) is 0 Å². The zero-order valence-electron chi connectivity index (χ0n) is 10.9. The predicted molar refractivity (Wildman–Crippen MR) is 66.3 cm³/mol. The standard InChI is InChI=1S/C13H18O5/c1-4-16-10-6-7-11(12(8-10)15-3)18-9-13(14)17-5-2/h6-8H,4-5,9H2,1-3H3. The minimum absolute atomic E-state index is 0.141. The molecule has 18 heavy (non-hydrogen) atoms. The van der Waals surface area contributed by atoms with Gasteiger partial charge in [-0.1, -0.05) is 0 Å². The molecule has 0 radical (unpaired) electrons. The zero-order chi connectivity index (χ0) is 13.4. The van der Waals surface area contributed by atoms with Gasteiger partial charge in [0, 0.05) is 6.07 Å². The number of carbonyl (C=O) groups excluding carboxylic acids is 1. The molecule has 5 heteroatoms. The quantitative estimate of drug-likeness (QED) is 0.697. The molecule has 0 aromatic heterocycles. The molecule has 0 unspecified atom stereocenters. The van der Waals surface area contributed by atoms with Crippen LogP contribution in [0.25, 0.3) is 0 Å². The number of esters is 1. The molecule has 5 nitrogen and oxygen atoms in total. The van der Waals surface area contributed by atoms with Crippen LogP contribution in [0.1, 0.15) is 13.8 Å². The Kier molecular flexibility index (Phi) is 5.84. The highest BCUT2D eigenvalue weighted by atomic mass is 16.6. The predicted octanol–water partition coefficient (Wildman–Crippen LogP) is 2.04. The van der Waals surface area contributed by atoms with Crippen LogP contribution in [0.3, 0.4) is 0 Å². The van der Waals surface area contributed by atoms with Crippen LogP contribution in [-0.4, -0.2) is 32.9 Å². The van der Waals surface area contributed by atoms with E-state index < -0.39 is 5.97 Å². The van der Waals surface area contributed by atoms with Gasteiger partial charge in [-0.3, -0.25) is 0 Å². The SMILES string of the molecule is CCOC(=O)COc1ccc(OCC)cc1OC. The van der Waals surface area contributed by atoms with Gasteiger partial charge in [-0.15, -0.1) is 0 Å². The highest BCUT2D eigenvalue weighted by Gasteiger charge is 2.09. The van der Waals surface area contributed by atoms with Crippen LogP contribution >= 0.6 is 0 Å². The monoisotopic (exact) mass is 254 g/mol. The molecular formula is C13H18O5. The summed E-state index contributed by atoms with van der Waals surface area (Å²) in [7, 11) is 1.53. The summed E-state index contributed by atoms with van der Waals surface area (Å²) in [5.74, 6) is 1.28. The van der Waals surface area contributed by atoms with Gasteiger partial charge in [-0.05, 0) is 26.0 Å². The van der Waals surface area contributed by atoms with Crippen LogP contribution in [-0.2, 0) is 9.53 Å². The Bertz CT molecular complexity index is 389. The van der Waals surface area contributed by atoms with E-state index in [1.54, 1.807) is 25.1 Å². The van der Waals surface area contributed by atoms with Gasteiger partial charge in [-0.2, -0.15) is 0 Å². The van der Waals surface area contributed by atoms with Crippen LogP contribution < -0.4 is 14.2 Å². The van der Waals surface area contributed by atoms with Crippen LogP contribution in [0, 0.1) is 0 Å². The largest absolute Gasteiger partial charge is 0.494 e. The van der Waals surface area contributed by atoms with Crippen LogP contribution in [0.4, 0.5) is 0 Å². The van der Waals surface area contributed by atoms with Crippen molar-refractivity contribution in [2.24, 2.45) is 0 Å². The highest BCUT2D eigenvalue weighted by Crippen LogP contribution is 2.31. The fourth-order valence-corrected chi connectivity index (χ4v) is 1.36. The fraction of sp³-hybridized carbons (Fsp3) is 0.462. The number of hydrogen-bond acceptors (Lipinski definition) is 5. The second-order valence-corrected chi connectivity index (χ2v) is 3.34. The Morgan fingerprint density at radius 1 is 1.11 bits per heavy atom. The summed E-state index contributed by atoms with van der Waals surface area (Å²) in [6, 6.07) is 5.17. The maximum Gasteiger partial charge on any atom is 0.344 e. The molecule has 0 amide bonds. The lowest BCUT2D eigenvalue weighted by Gasteiger charge is -2.11. The maximum atomic E-state index is 11.2. The molecule has 1 aromatic carbocycles. The van der Waals surface area contributed by atoms with Crippen LogP contribution in [0.5, 0.6) is 17.2 Å². The Balaban J connectivity index is 2.67. The number of ether oxygens (including phenoxy) is 4. The molecular weight excluding hydrogens is 236 g/mol. The molecule has 100 valence electrons. The molecule has 0 fully saturated rings. The van der Waals surface area contributed by atoms with Crippen molar-refractivity contribution in [3.8, 4) is 17.2 Å². The normalized spacial score (nSPS) is 9.72. The third-order valence-electron chi connectivity index (χ3n) is 2.10. The molecule has 0 atom stereocenters. The topological polar surface area (TPSA) is 54.0 Å². The van der Waals surface area contributed by atoms with E-state index in [9.17, 15) is 4.79 Å². The molecule has 0 spiro atoms. The van der Waals surface area contributed by atoms with Crippen LogP contribution in [0.15, 0.2) is 18.2 Å². The first-order valence-electron chi connectivity index (χ1n) is 5.80. The lowest BCUT2D eigenvalue weighted by Crippen LogP contribution is -2.14. The molecule has 0 bridgehead atoms. The Labute approximate surface area is 107 Å². The Hall–Kier alpha value is -1.91. The number of methoxy groups -OCH3 is 1. The smallest absolute Gasteiger partial charge is 0.344 e. The third kappa shape index (κ3) is 4.16. The second-order valence-electron chi connectivity index (χ2n) is 3.34. The fourth-order valence-electron chi connectivity index (χ4n) is 1.36. The molecule has 0 saturated heterocycles. The average molecular weight is 254 g/mol. The molecule has 0 aliphatic carbocycles. The number of hydrogen-bond donors (Lipinski definition) is 0. The van der Waals surface area contributed by atoms with Crippen molar-refractivity contribution in [2.75, 3.05) is 26.9 Å². The van der Waals surface area contributed by atoms with Crippen molar-refractivity contribution in [1.82, 2.24) is 0 Å². The van der Waals surface area contributed by atoms with E-state index in [1.165, 1.54) is 7.11 Å². The summed E-state index contributed by atoms with van der Waals surface area (Å²) in [4.78, 5) is 11.2. The first-order chi connectivity index (χ1) is 8.71. The maximum absolute atomic E-state index is 11.2. The van der Waals surface area contributed by atoms with Gasteiger partial charge >= 0.3 is 5.97 Å². The van der Waals surface area contributed by atoms with Gasteiger partial charge in [0.25, 0.3) is 0 Å². The summed E-state index contributed by atoms with van der Waals surface area (Å²) in [5.41, 5.74) is 0. The first kappa shape index (κ1) is 14.2. The van der Waals surface area contributed by atoms with E-state index in [-0.39, 0.29) is 6.61 Å². The second kappa shape index (κ2) is 7.42. The van der Waals surface area contributed by atoms with Gasteiger partial charge in [0.15, 0.2) is 18.1 Å². The average Bonchev–Trinajstić information content (AvgIpc) is 2.37.